The fourth-order valence-corrected chi connectivity index (χ4v) is 18.6. The van der Waals surface area contributed by atoms with Crippen LogP contribution < -0.4 is 45.0 Å². The maximum absolute atomic E-state index is 12.3. The summed E-state index contributed by atoms with van der Waals surface area (Å²) < 4.78 is 154. The van der Waals surface area contributed by atoms with Crippen molar-refractivity contribution in [3.8, 4) is 0 Å². The van der Waals surface area contributed by atoms with Crippen LogP contribution in [0.2, 0.25) is 0 Å². The van der Waals surface area contributed by atoms with E-state index in [-0.39, 0.29) is 28.7 Å². The molecule has 67 heteroatoms. The second kappa shape index (κ2) is 42.0. The normalized spacial score (nSPS) is 29.7. The molecule has 8 unspecified atom stereocenters. The number of aliphatic hydroxyl groups is 9. The van der Waals surface area contributed by atoms with Crippen LogP contribution in [0, 0.1) is 0 Å². The molecule has 117 heavy (non-hydrogen) atoms. The molecule has 20 atom stereocenters. The van der Waals surface area contributed by atoms with Gasteiger partial charge < -0.3 is 118 Å². The second-order valence-corrected chi connectivity index (χ2v) is 36.9. The quantitative estimate of drug-likeness (QED) is 0.0158. The lowest BCUT2D eigenvalue weighted by Gasteiger charge is -2.27. The number of aliphatic hydroxyl groups excluding tert-OH is 9. The van der Waals surface area contributed by atoms with Gasteiger partial charge in [-0.1, -0.05) is 13.8 Å². The fourth-order valence-electron chi connectivity index (χ4n) is 9.95. The van der Waals surface area contributed by atoms with Gasteiger partial charge in [-0.05, 0) is 22.5 Å². The fraction of sp³-hybridized carbons (Fsp3) is 0.600. The van der Waals surface area contributed by atoms with E-state index in [1.807, 2.05) is 33.8 Å². The van der Waals surface area contributed by atoms with Gasteiger partial charge in [-0.2, -0.15) is 21.6 Å². The van der Waals surface area contributed by atoms with E-state index in [1.54, 1.807) is 0 Å². The Labute approximate surface area is 657 Å². The number of halogens is 2. The highest BCUT2D eigenvalue weighted by molar-refractivity contribution is 8.05. The van der Waals surface area contributed by atoms with Gasteiger partial charge in [0.2, 0.25) is 0 Å². The summed E-state index contributed by atoms with van der Waals surface area (Å²) in [6.07, 6.45) is -27.0. The van der Waals surface area contributed by atoms with Crippen LogP contribution >= 0.6 is 75.5 Å². The van der Waals surface area contributed by atoms with Crippen LogP contribution in [-0.2, 0) is 150 Å². The molecule has 5 aliphatic rings. The first-order valence-electron chi connectivity index (χ1n) is 31.8. The minimum absolute atomic E-state index is 0.0656. The maximum atomic E-state index is 12.3. The van der Waals surface area contributed by atoms with Gasteiger partial charge in [0.15, 0.2) is 24.9 Å². The number of phosphoric ester groups is 1. The van der Waals surface area contributed by atoms with Crippen LogP contribution in [0.25, 0.3) is 0 Å². The Balaban J connectivity index is 0.000000279. The Kier molecular flexibility index (Phi) is 36.3. The van der Waals surface area contributed by atoms with Crippen molar-refractivity contribution in [3.05, 3.63) is 130 Å². The minimum atomic E-state index is -5.79. The van der Waals surface area contributed by atoms with Crippen molar-refractivity contribution in [2.24, 2.45) is 0 Å². The predicted molar refractivity (Wildman–Crippen MR) is 372 cm³/mol. The van der Waals surface area contributed by atoms with Crippen LogP contribution in [0.4, 0.5) is 0 Å². The summed E-state index contributed by atoms with van der Waals surface area (Å²) in [5.74, 6) is -3.05. The number of esters is 4. The van der Waals surface area contributed by atoms with Gasteiger partial charge in [0, 0.05) is 47.0 Å². The number of methoxy groups -OCH3 is 4. The van der Waals surface area contributed by atoms with Crippen molar-refractivity contribution in [1.29, 1.82) is 0 Å². The molecule has 5 fully saturated rings. The smallest absolute Gasteiger partial charge is 0.469 e. The second-order valence-electron chi connectivity index (χ2n) is 23.2. The van der Waals surface area contributed by atoms with E-state index < -0.39 is 266 Å². The first kappa shape index (κ1) is 101. The number of nitrogens with one attached hydrogen (secondary N) is 4. The van der Waals surface area contributed by atoms with E-state index in [4.69, 9.17) is 61.2 Å². The number of aromatic nitrogens is 8. The highest BCUT2D eigenvalue weighted by atomic mass is 35.9. The summed E-state index contributed by atoms with van der Waals surface area (Å²) in [5.41, 5.74) is -8.15. The maximum Gasteiger partial charge on any atom is 0.492 e. The summed E-state index contributed by atoms with van der Waals surface area (Å²) in [7, 11) is -28.3. The third kappa shape index (κ3) is 28.4. The molecular weight excluding hydrogens is 1800 g/mol. The molecule has 19 N–H and O–H groups in total. The first-order chi connectivity index (χ1) is 54.0. The lowest BCUT2D eigenvalue weighted by molar-refractivity contribution is -0.140. The Morgan fingerprint density at radius 2 is 0.692 bits per heavy atom. The van der Waals surface area contributed by atoms with Gasteiger partial charge in [-0.15, -0.1) is 0 Å². The molecule has 0 aliphatic carbocycles. The monoisotopic (exact) mass is 1870 g/mol. The molecule has 9 rings (SSSR count). The molecule has 662 valence electrons. The number of hydrogen-bond donors (Lipinski definition) is 19. The molecule has 0 radical (unpaired) electrons. The largest absolute Gasteiger partial charge is 0.492 e. The first-order valence-corrected chi connectivity index (χ1v) is 44.2. The zero-order valence-electron chi connectivity index (χ0n) is 59.9. The summed E-state index contributed by atoms with van der Waals surface area (Å²) in [6, 6.07) is 0. The number of nitrogens with zero attached hydrogens (tertiary/aromatic N) is 4. The molecule has 9 heterocycles. The van der Waals surface area contributed by atoms with Crippen LogP contribution in [-0.4, -0.2) is 266 Å². The third-order valence-corrected chi connectivity index (χ3v) is 25.5. The van der Waals surface area contributed by atoms with E-state index in [1.165, 1.54) is 0 Å². The Morgan fingerprint density at radius 3 is 0.949 bits per heavy atom. The Bertz CT molecular complexity index is 5070. The van der Waals surface area contributed by atoms with E-state index in [0.717, 1.165) is 62.4 Å². The average molecular weight is 1870 g/mol. The van der Waals surface area contributed by atoms with Crippen molar-refractivity contribution in [2.75, 3.05) is 54.9 Å². The topological polar surface area (TPSA) is 858 Å². The van der Waals surface area contributed by atoms with Crippen molar-refractivity contribution in [2.45, 2.75) is 138 Å². The number of hydrogen-bond acceptors (Lipinski definition) is 44. The van der Waals surface area contributed by atoms with Crippen molar-refractivity contribution < 1.29 is 199 Å². The molecule has 0 amide bonds. The molecule has 5 aliphatic heterocycles. The van der Waals surface area contributed by atoms with Gasteiger partial charge in [0.25, 0.3) is 22.2 Å². The molecule has 0 bridgehead atoms. The zero-order chi connectivity index (χ0) is 88.9. The van der Waals surface area contributed by atoms with Crippen molar-refractivity contribution in [1.82, 2.24) is 38.2 Å². The summed E-state index contributed by atoms with van der Waals surface area (Å²) in [5, 5.41) is 89.5. The number of carbonyl (C=O) groups is 4. The summed E-state index contributed by atoms with van der Waals surface area (Å²) >= 11 is 10.5. The lowest BCUT2D eigenvalue weighted by Crippen LogP contribution is -2.39. The number of H-pyrrole nitrogens is 4. The van der Waals surface area contributed by atoms with Gasteiger partial charge >= 0.3 is 99.6 Å². The molecule has 4 aromatic rings. The van der Waals surface area contributed by atoms with Crippen LogP contribution in [0.1, 0.15) is 61.0 Å². The van der Waals surface area contributed by atoms with Crippen molar-refractivity contribution in [3.63, 3.8) is 0 Å². The Hall–Kier alpha value is -6.29. The zero-order valence-corrected chi connectivity index (χ0v) is 67.6. The number of ether oxygens (including phenoxy) is 8. The molecule has 5 saturated heterocycles. The number of aromatic amines is 4. The van der Waals surface area contributed by atoms with E-state index >= 15 is 0 Å². The van der Waals surface area contributed by atoms with E-state index in [0.29, 0.717) is 9.13 Å². The highest BCUT2D eigenvalue weighted by Gasteiger charge is 2.56. The SMILES string of the molecule is CC.COC(=O)Cc1cn([C@@H]2O[C@H](CO)[C@H](O)C2O)c(=O)[nH]c1=O.COC(=O)Cc1cn([C@@H]2O[C@H](COP(=O)(Cl)Cl)[C@H](O)C2O)c(=O)[nH]c1=O.COC(=O)Cc1cn([C@@H]2O[C@H](COP(=O)(O)OP(=O)(O)OP(=O)(O)O)[C@H](O)C2O)c(=O)[nH]c1=O.COC(=O)Cc1cn([C@@H]2O[C@H](COP3(=O)OP(=O)(O)OP(=O)(O)O3)[C@H](O)C2O)c(=O)[nH]c1=O. The van der Waals surface area contributed by atoms with Gasteiger partial charge in [-0.25, -0.2) is 46.6 Å². The van der Waals surface area contributed by atoms with E-state index in [2.05, 4.69) is 54.1 Å². The van der Waals surface area contributed by atoms with E-state index in [9.17, 15) is 145 Å². The number of rotatable bonds is 26. The Morgan fingerprint density at radius 1 is 0.427 bits per heavy atom. The molecule has 0 aromatic carbocycles. The van der Waals surface area contributed by atoms with Crippen LogP contribution in [0.15, 0.2) is 63.1 Å². The number of phosphoric acid groups is 6. The molecule has 58 nitrogen and oxygen atoms in total. The molecule has 4 aromatic heterocycles. The van der Waals surface area contributed by atoms with Crippen molar-refractivity contribution >= 4 is 99.4 Å². The predicted octanol–water partition coefficient (Wildman–Crippen LogP) is -7.16. The number of carbonyl (C=O) groups excluding carboxylic acids is 4. The molecule has 0 saturated carbocycles. The third-order valence-electron chi connectivity index (χ3n) is 15.3. The lowest BCUT2D eigenvalue weighted by atomic mass is 10.1. The highest BCUT2D eigenvalue weighted by Crippen LogP contribution is 2.80. The molecule has 0 spiro atoms. The van der Waals surface area contributed by atoms with Gasteiger partial charge in [-0.3, -0.25) is 90.2 Å². The standard InChI is InChI=1S/C12H15Cl2N2O9P.C12H19N2O17P3.C12H17N2O16P3.C12H16N2O8.C2H6/c1-23-7(17)2-5-3-16(12(21)15-10(5)20)11-9(19)8(18)6(25-11)4-24-26(13,14)22;1-27-7(15)2-5-3-14(12(19)13-10(5)18)11-9(17)8(16)6(29-11)4-28-33(23,24)31-34(25,26)30-32(20,21)22;1-25-7(15)2-5-3-14(12(19)13-10(5)18)11-9(17)8(16)6(27-11)4-26-33(24)29-31(20,21)28-32(22,23)30-33;1-21-7(16)2-5-3-14(12(20)13-10(5)19)11-9(18)8(17)6(4-15)22-11;1-2/h3,6,8-9,11,18-19H,2,4H2,1H3,(H,15,20,21);3,6,8-9,11,16-17H,2,4H2,1H3,(H,23,24)(H,25,26)(H,13,18,19)(H2,20,21,22);3,6,8-9,11,16-17H,2,4H2,1H3,(H,20,21)(H,22,23)(H,13,18,19);3,6,8-9,11,15,17-18H,2,4H2,1H3,(H,13,19,20);1-2H3/t4*6-,8+,9?,11-;/m1111./s1. The minimum Gasteiger partial charge on any atom is -0.469 e. The average Bonchev–Trinajstić information content (AvgIpc) is 1.78. The van der Waals surface area contributed by atoms with Gasteiger partial charge in [0.05, 0.1) is 80.6 Å². The summed E-state index contributed by atoms with van der Waals surface area (Å²) in [6.45, 7) is 0.804. The van der Waals surface area contributed by atoms with Crippen LogP contribution in [0.3, 0.4) is 0 Å². The summed E-state index contributed by atoms with van der Waals surface area (Å²) in [4.78, 5) is 202. The van der Waals surface area contributed by atoms with Crippen LogP contribution in [0.5, 0.6) is 0 Å². The molecular formula is C50H73Cl2N8O50P7. The van der Waals surface area contributed by atoms with Gasteiger partial charge in [0.1, 0.15) is 73.2 Å².